The molecule has 10 nitrogen and oxygen atoms in total. The van der Waals surface area contributed by atoms with Crippen molar-refractivity contribution in [2.45, 2.75) is 17.9 Å². The van der Waals surface area contributed by atoms with Crippen molar-refractivity contribution in [1.82, 2.24) is 19.2 Å². The minimum absolute atomic E-state index is 0.119. The maximum atomic E-state index is 12.5. The highest BCUT2D eigenvalue weighted by Gasteiger charge is 2.15. The van der Waals surface area contributed by atoms with Crippen molar-refractivity contribution in [1.29, 1.82) is 0 Å². The topological polar surface area (TPSA) is 123 Å². The number of fused-ring (bicyclic) bond motifs is 1. The normalized spacial score (nSPS) is 14.8. The van der Waals surface area contributed by atoms with Gasteiger partial charge in [-0.25, -0.2) is 18.1 Å². The summed E-state index contributed by atoms with van der Waals surface area (Å²) in [6.45, 7) is 4.12. The zero-order valence-corrected chi connectivity index (χ0v) is 19.5. The molecular formula is C23H27N5O5S. The molecule has 0 atom stereocenters. The molecule has 4 rings (SSSR count). The summed E-state index contributed by atoms with van der Waals surface area (Å²) >= 11 is 0. The second-order valence-corrected chi connectivity index (χ2v) is 9.72. The number of ether oxygens (including phenoxy) is 1. The van der Waals surface area contributed by atoms with E-state index in [1.54, 1.807) is 24.3 Å². The van der Waals surface area contributed by atoms with Crippen molar-refractivity contribution in [3.05, 3.63) is 65.1 Å². The van der Waals surface area contributed by atoms with Gasteiger partial charge in [0.05, 0.1) is 35.3 Å². The Morgan fingerprint density at radius 3 is 2.56 bits per heavy atom. The lowest BCUT2D eigenvalue weighted by molar-refractivity contribution is -0.116. The summed E-state index contributed by atoms with van der Waals surface area (Å²) in [6, 6.07) is 13.0. The highest BCUT2D eigenvalue weighted by Crippen LogP contribution is 2.15. The zero-order valence-electron chi connectivity index (χ0n) is 18.6. The third kappa shape index (κ3) is 6.06. The quantitative estimate of drug-likeness (QED) is 0.434. The van der Waals surface area contributed by atoms with Gasteiger partial charge in [-0.3, -0.25) is 19.1 Å². The van der Waals surface area contributed by atoms with E-state index in [4.69, 9.17) is 4.74 Å². The van der Waals surface area contributed by atoms with E-state index < -0.39 is 15.9 Å². The number of amides is 1. The van der Waals surface area contributed by atoms with Gasteiger partial charge < -0.3 is 10.1 Å². The second kappa shape index (κ2) is 10.9. The Morgan fingerprint density at radius 2 is 1.79 bits per heavy atom. The van der Waals surface area contributed by atoms with Gasteiger partial charge in [0.2, 0.25) is 15.9 Å². The summed E-state index contributed by atoms with van der Waals surface area (Å²) in [4.78, 5) is 31.2. The number of carbonyl (C=O) groups excluding carboxylic acids is 1. The van der Waals surface area contributed by atoms with Crippen LogP contribution in [0.5, 0.6) is 0 Å². The van der Waals surface area contributed by atoms with E-state index in [0.29, 0.717) is 42.9 Å². The van der Waals surface area contributed by atoms with E-state index in [9.17, 15) is 18.0 Å². The zero-order chi connectivity index (χ0) is 24.0. The van der Waals surface area contributed by atoms with Gasteiger partial charge >= 0.3 is 0 Å². The standard InChI is InChI=1S/C23H27N5O5S/c29-22(17-28-21-5-2-1-4-20(21)24-16-23(28)30)26-18-6-8-19(9-7-18)34(31,32)25-10-3-11-27-12-14-33-15-13-27/h1-2,4-9,16,25H,3,10-15,17H2,(H,26,29). The first kappa shape index (κ1) is 24.0. The first-order chi connectivity index (χ1) is 16.4. The second-order valence-electron chi connectivity index (χ2n) is 7.95. The van der Waals surface area contributed by atoms with Crippen LogP contribution in [-0.4, -0.2) is 68.2 Å². The lowest BCUT2D eigenvalue weighted by Gasteiger charge is -2.26. The molecule has 3 aromatic rings. The molecule has 0 radical (unpaired) electrons. The van der Waals surface area contributed by atoms with Crippen LogP contribution in [0.25, 0.3) is 11.0 Å². The minimum Gasteiger partial charge on any atom is -0.379 e. The van der Waals surface area contributed by atoms with Crippen LogP contribution in [0.2, 0.25) is 0 Å². The number of carbonyl (C=O) groups is 1. The molecule has 0 unspecified atom stereocenters. The number of sulfonamides is 1. The molecule has 2 aromatic carbocycles. The molecule has 0 bridgehead atoms. The molecule has 0 spiro atoms. The third-order valence-corrected chi connectivity index (χ3v) is 7.03. The molecule has 34 heavy (non-hydrogen) atoms. The van der Waals surface area contributed by atoms with E-state index in [1.165, 1.54) is 35.0 Å². The number of rotatable bonds is 9. The van der Waals surface area contributed by atoms with Crippen molar-refractivity contribution < 1.29 is 17.9 Å². The predicted molar refractivity (Wildman–Crippen MR) is 128 cm³/mol. The number of benzene rings is 2. The Labute approximate surface area is 197 Å². The van der Waals surface area contributed by atoms with E-state index >= 15 is 0 Å². The Hall–Kier alpha value is -3.12. The summed E-state index contributed by atoms with van der Waals surface area (Å²) in [6.07, 6.45) is 1.89. The van der Waals surface area contributed by atoms with Crippen LogP contribution < -0.4 is 15.6 Å². The van der Waals surface area contributed by atoms with Gasteiger partial charge in [-0.05, 0) is 49.4 Å². The number of morpholine rings is 1. The van der Waals surface area contributed by atoms with Gasteiger partial charge in [-0.15, -0.1) is 0 Å². The Bertz CT molecular complexity index is 1300. The van der Waals surface area contributed by atoms with E-state index in [0.717, 1.165) is 19.6 Å². The van der Waals surface area contributed by atoms with Crippen LogP contribution in [0.15, 0.2) is 64.4 Å². The molecule has 1 aliphatic rings. The van der Waals surface area contributed by atoms with E-state index in [1.807, 2.05) is 0 Å². The highest BCUT2D eigenvalue weighted by molar-refractivity contribution is 7.89. The Kier molecular flexibility index (Phi) is 7.68. The lowest BCUT2D eigenvalue weighted by atomic mass is 10.3. The summed E-state index contributed by atoms with van der Waals surface area (Å²) in [7, 11) is -3.65. The summed E-state index contributed by atoms with van der Waals surface area (Å²) < 4.78 is 34.4. The van der Waals surface area contributed by atoms with E-state index in [2.05, 4.69) is 19.9 Å². The van der Waals surface area contributed by atoms with Gasteiger partial charge in [0.15, 0.2) is 0 Å². The summed E-state index contributed by atoms with van der Waals surface area (Å²) in [5, 5.41) is 2.70. The number of para-hydroxylation sites is 2. The minimum atomic E-state index is -3.65. The van der Waals surface area contributed by atoms with Crippen molar-refractivity contribution in [3.8, 4) is 0 Å². The Morgan fingerprint density at radius 1 is 1.06 bits per heavy atom. The predicted octanol–water partition coefficient (Wildman–Crippen LogP) is 1.04. The average Bonchev–Trinajstić information content (AvgIpc) is 2.85. The van der Waals surface area contributed by atoms with Crippen molar-refractivity contribution in [2.75, 3.05) is 44.7 Å². The van der Waals surface area contributed by atoms with Crippen molar-refractivity contribution in [2.24, 2.45) is 0 Å². The maximum Gasteiger partial charge on any atom is 0.269 e. The van der Waals surface area contributed by atoms with Crippen LogP contribution in [-0.2, 0) is 26.1 Å². The first-order valence-electron chi connectivity index (χ1n) is 11.1. The molecule has 1 aromatic heterocycles. The molecule has 1 aliphatic heterocycles. The largest absolute Gasteiger partial charge is 0.379 e. The monoisotopic (exact) mass is 485 g/mol. The number of anilines is 1. The molecule has 180 valence electrons. The number of nitrogens with one attached hydrogen (secondary N) is 2. The smallest absolute Gasteiger partial charge is 0.269 e. The fourth-order valence-electron chi connectivity index (χ4n) is 3.76. The van der Waals surface area contributed by atoms with E-state index in [-0.39, 0.29) is 17.0 Å². The van der Waals surface area contributed by atoms with Gasteiger partial charge in [0.25, 0.3) is 5.56 Å². The molecule has 1 fully saturated rings. The van der Waals surface area contributed by atoms with Gasteiger partial charge in [-0.2, -0.15) is 0 Å². The van der Waals surface area contributed by atoms with Gasteiger partial charge in [0.1, 0.15) is 6.54 Å². The molecule has 1 amide bonds. The highest BCUT2D eigenvalue weighted by atomic mass is 32.2. The van der Waals surface area contributed by atoms with Gasteiger partial charge in [0, 0.05) is 25.3 Å². The van der Waals surface area contributed by atoms with Crippen LogP contribution in [0.4, 0.5) is 5.69 Å². The third-order valence-electron chi connectivity index (χ3n) is 5.55. The first-order valence-corrected chi connectivity index (χ1v) is 12.5. The number of aromatic nitrogens is 2. The maximum absolute atomic E-state index is 12.5. The van der Waals surface area contributed by atoms with Crippen LogP contribution >= 0.6 is 0 Å². The molecular weight excluding hydrogens is 458 g/mol. The lowest BCUT2D eigenvalue weighted by Crippen LogP contribution is -2.38. The number of hydrogen-bond acceptors (Lipinski definition) is 7. The molecule has 0 saturated carbocycles. The molecule has 1 saturated heterocycles. The summed E-state index contributed by atoms with van der Waals surface area (Å²) in [5.41, 5.74) is 1.23. The van der Waals surface area contributed by atoms with Crippen molar-refractivity contribution >= 4 is 32.7 Å². The fourth-order valence-corrected chi connectivity index (χ4v) is 4.83. The van der Waals surface area contributed by atoms with Crippen LogP contribution in [0, 0.1) is 0 Å². The molecule has 0 aliphatic carbocycles. The Balaban J connectivity index is 1.32. The van der Waals surface area contributed by atoms with Gasteiger partial charge in [-0.1, -0.05) is 12.1 Å². The number of nitrogens with zero attached hydrogens (tertiary/aromatic N) is 3. The van der Waals surface area contributed by atoms with Crippen molar-refractivity contribution in [3.63, 3.8) is 0 Å². The fraction of sp³-hybridized carbons (Fsp3) is 0.348. The summed E-state index contributed by atoms with van der Waals surface area (Å²) in [5.74, 6) is -0.407. The van der Waals surface area contributed by atoms with Crippen LogP contribution in [0.1, 0.15) is 6.42 Å². The molecule has 2 N–H and O–H groups in total. The molecule has 11 heteroatoms. The molecule has 2 heterocycles. The number of hydrogen-bond donors (Lipinski definition) is 2. The average molecular weight is 486 g/mol. The SMILES string of the molecule is O=C(Cn1c(=O)cnc2ccccc21)Nc1ccc(S(=O)(=O)NCCCN2CCOCC2)cc1. The van der Waals surface area contributed by atoms with Crippen LogP contribution in [0.3, 0.4) is 0 Å².